The van der Waals surface area contributed by atoms with Gasteiger partial charge >= 0.3 is 0 Å². The number of nitrogens with zero attached hydrogens (tertiary/aromatic N) is 1. The highest BCUT2D eigenvalue weighted by molar-refractivity contribution is 7.88. The first-order valence-electron chi connectivity index (χ1n) is 4.98. The summed E-state index contributed by atoms with van der Waals surface area (Å²) in [7, 11) is -3.55. The van der Waals surface area contributed by atoms with Crippen LogP contribution in [0.3, 0.4) is 0 Å². The smallest absolute Gasteiger partial charge is 0.213 e. The van der Waals surface area contributed by atoms with Gasteiger partial charge in [0.2, 0.25) is 14.4 Å². The SMILES string of the molecule is Cc1cccc([C@H](NS(C)(=O)=O)C(Cl)(Cl)C#N)c1. The van der Waals surface area contributed by atoms with Gasteiger partial charge in [0.05, 0.1) is 12.3 Å². The van der Waals surface area contributed by atoms with Crippen LogP contribution in [0.2, 0.25) is 0 Å². The first kappa shape index (κ1) is 15.3. The number of nitrogens with one attached hydrogen (secondary N) is 1. The van der Waals surface area contributed by atoms with Crippen molar-refractivity contribution >= 4 is 33.2 Å². The van der Waals surface area contributed by atoms with Crippen molar-refractivity contribution in [1.29, 1.82) is 5.26 Å². The molecule has 0 spiro atoms. The fourth-order valence-electron chi connectivity index (χ4n) is 1.48. The van der Waals surface area contributed by atoms with E-state index in [0.717, 1.165) is 11.8 Å². The lowest BCUT2D eigenvalue weighted by Crippen LogP contribution is -2.38. The van der Waals surface area contributed by atoms with Crippen LogP contribution in [0.15, 0.2) is 24.3 Å². The van der Waals surface area contributed by atoms with Gasteiger partial charge in [-0.05, 0) is 12.5 Å². The number of rotatable bonds is 4. The molecule has 0 radical (unpaired) electrons. The molecule has 0 amide bonds. The van der Waals surface area contributed by atoms with E-state index >= 15 is 0 Å². The lowest BCUT2D eigenvalue weighted by molar-refractivity contribution is 0.557. The Labute approximate surface area is 117 Å². The van der Waals surface area contributed by atoms with Crippen LogP contribution in [0.5, 0.6) is 0 Å². The van der Waals surface area contributed by atoms with Crippen LogP contribution in [0, 0.1) is 18.3 Å². The van der Waals surface area contributed by atoms with Crippen molar-refractivity contribution in [3.8, 4) is 6.07 Å². The summed E-state index contributed by atoms with van der Waals surface area (Å²) in [4.78, 5) is 0. The maximum absolute atomic E-state index is 11.3. The van der Waals surface area contributed by atoms with Crippen molar-refractivity contribution in [2.24, 2.45) is 0 Å². The Kier molecular flexibility index (Phi) is 4.62. The third kappa shape index (κ3) is 4.14. The second kappa shape index (κ2) is 5.45. The zero-order chi connectivity index (χ0) is 14.0. The predicted octanol–water partition coefficient (Wildman–Crippen LogP) is 2.28. The fraction of sp³-hybridized carbons (Fsp3) is 0.364. The van der Waals surface area contributed by atoms with Gasteiger partial charge in [-0.1, -0.05) is 53.0 Å². The number of hydrogen-bond acceptors (Lipinski definition) is 3. The highest BCUT2D eigenvalue weighted by atomic mass is 35.5. The van der Waals surface area contributed by atoms with Gasteiger partial charge in [-0.2, -0.15) is 5.26 Å². The number of aryl methyl sites for hydroxylation is 1. The number of sulfonamides is 1. The lowest BCUT2D eigenvalue weighted by atomic mass is 10.0. The minimum atomic E-state index is -3.55. The molecule has 7 heteroatoms. The van der Waals surface area contributed by atoms with Gasteiger partial charge in [0.15, 0.2) is 0 Å². The minimum Gasteiger partial charge on any atom is -0.213 e. The molecule has 1 rings (SSSR count). The second-order valence-corrected chi connectivity index (χ2v) is 7.14. The van der Waals surface area contributed by atoms with E-state index in [2.05, 4.69) is 4.72 Å². The van der Waals surface area contributed by atoms with E-state index < -0.39 is 20.4 Å². The zero-order valence-electron chi connectivity index (χ0n) is 9.81. The molecule has 0 saturated carbocycles. The van der Waals surface area contributed by atoms with Gasteiger partial charge in [-0.25, -0.2) is 13.1 Å². The molecule has 0 aliphatic carbocycles. The van der Waals surface area contributed by atoms with E-state index in [9.17, 15) is 8.42 Å². The second-order valence-electron chi connectivity index (χ2n) is 3.97. The highest BCUT2D eigenvalue weighted by Gasteiger charge is 2.38. The Morgan fingerprint density at radius 1 is 1.44 bits per heavy atom. The average molecular weight is 307 g/mol. The summed E-state index contributed by atoms with van der Waals surface area (Å²) in [5.41, 5.74) is 1.45. The van der Waals surface area contributed by atoms with E-state index in [4.69, 9.17) is 28.5 Å². The van der Waals surface area contributed by atoms with Gasteiger partial charge in [-0.15, -0.1) is 0 Å². The third-order valence-electron chi connectivity index (χ3n) is 2.22. The zero-order valence-corrected chi connectivity index (χ0v) is 12.1. The predicted molar refractivity (Wildman–Crippen MR) is 71.9 cm³/mol. The van der Waals surface area contributed by atoms with E-state index in [-0.39, 0.29) is 0 Å². The lowest BCUT2D eigenvalue weighted by Gasteiger charge is -2.24. The molecule has 1 N–H and O–H groups in total. The summed E-state index contributed by atoms with van der Waals surface area (Å²) in [6.07, 6.45) is 0.983. The third-order valence-corrected chi connectivity index (χ3v) is 3.49. The number of hydrogen-bond donors (Lipinski definition) is 1. The standard InChI is InChI=1S/C11H12Cl2N2O2S/c1-8-4-3-5-9(6-8)10(11(12,13)7-14)15-18(2,16)17/h3-6,10,15H,1-2H3/t10-/m0/s1. The fourth-order valence-corrected chi connectivity index (χ4v) is 2.71. The van der Waals surface area contributed by atoms with Crippen molar-refractivity contribution < 1.29 is 8.42 Å². The summed E-state index contributed by atoms with van der Waals surface area (Å²) < 4.78 is 23.0. The van der Waals surface area contributed by atoms with Crippen LogP contribution in [0.25, 0.3) is 0 Å². The van der Waals surface area contributed by atoms with Gasteiger partial charge < -0.3 is 0 Å². The molecule has 0 aliphatic rings. The normalized spacial score (nSPS) is 13.9. The molecule has 1 aromatic carbocycles. The molecule has 0 aromatic heterocycles. The number of alkyl halides is 2. The molecule has 0 fully saturated rings. The van der Waals surface area contributed by atoms with E-state index in [1.807, 2.05) is 13.0 Å². The quantitative estimate of drug-likeness (QED) is 0.868. The molecule has 0 bridgehead atoms. The van der Waals surface area contributed by atoms with Gasteiger partial charge in [-0.3, -0.25) is 0 Å². The largest absolute Gasteiger partial charge is 0.223 e. The highest BCUT2D eigenvalue weighted by Crippen LogP contribution is 2.36. The maximum Gasteiger partial charge on any atom is 0.223 e. The first-order valence-corrected chi connectivity index (χ1v) is 7.63. The Bertz CT molecular complexity index is 579. The first-order chi connectivity index (χ1) is 8.15. The molecule has 0 saturated heterocycles. The average Bonchev–Trinajstić information content (AvgIpc) is 2.24. The molecule has 0 heterocycles. The molecule has 1 aromatic rings. The van der Waals surface area contributed by atoms with Crippen LogP contribution in [-0.4, -0.2) is 19.0 Å². The number of nitriles is 1. The molecule has 0 aliphatic heterocycles. The van der Waals surface area contributed by atoms with Crippen molar-refractivity contribution in [3.63, 3.8) is 0 Å². The van der Waals surface area contributed by atoms with Crippen molar-refractivity contribution in [3.05, 3.63) is 35.4 Å². The van der Waals surface area contributed by atoms with Crippen LogP contribution < -0.4 is 4.72 Å². The molecule has 18 heavy (non-hydrogen) atoms. The van der Waals surface area contributed by atoms with Crippen molar-refractivity contribution in [1.82, 2.24) is 4.72 Å². The van der Waals surface area contributed by atoms with Crippen molar-refractivity contribution in [2.45, 2.75) is 17.3 Å². The molecular formula is C11H12Cl2N2O2S. The van der Waals surface area contributed by atoms with E-state index in [0.29, 0.717) is 5.56 Å². The van der Waals surface area contributed by atoms with Crippen molar-refractivity contribution in [2.75, 3.05) is 6.26 Å². The summed E-state index contributed by atoms with van der Waals surface area (Å²) in [6, 6.07) is 7.62. The van der Waals surface area contributed by atoms with Crippen LogP contribution in [0.4, 0.5) is 0 Å². The number of benzene rings is 1. The Morgan fingerprint density at radius 2 is 2.06 bits per heavy atom. The Hall–Kier alpha value is -0.800. The Balaban J connectivity index is 3.26. The summed E-state index contributed by atoms with van der Waals surface area (Å²) in [6.45, 7) is 1.84. The van der Waals surface area contributed by atoms with Crippen LogP contribution in [0.1, 0.15) is 17.2 Å². The maximum atomic E-state index is 11.3. The summed E-state index contributed by atoms with van der Waals surface area (Å²) in [5.74, 6) is 0. The van der Waals surface area contributed by atoms with Gasteiger partial charge in [0.25, 0.3) is 0 Å². The van der Waals surface area contributed by atoms with Gasteiger partial charge in [0, 0.05) is 0 Å². The topological polar surface area (TPSA) is 70.0 Å². The molecular weight excluding hydrogens is 295 g/mol. The molecule has 98 valence electrons. The number of halogens is 2. The molecule has 0 unspecified atom stereocenters. The summed E-state index contributed by atoms with van der Waals surface area (Å²) in [5, 5.41) is 8.94. The van der Waals surface area contributed by atoms with E-state index in [1.165, 1.54) is 0 Å². The Morgan fingerprint density at radius 3 is 2.50 bits per heavy atom. The van der Waals surface area contributed by atoms with E-state index in [1.54, 1.807) is 24.3 Å². The summed E-state index contributed by atoms with van der Waals surface area (Å²) >= 11 is 11.7. The van der Waals surface area contributed by atoms with Gasteiger partial charge in [0.1, 0.15) is 6.07 Å². The molecule has 4 nitrogen and oxygen atoms in total. The minimum absolute atomic E-state index is 0.534. The van der Waals surface area contributed by atoms with Crippen LogP contribution >= 0.6 is 23.2 Å². The molecule has 1 atom stereocenters. The monoisotopic (exact) mass is 306 g/mol. The van der Waals surface area contributed by atoms with Crippen LogP contribution in [-0.2, 0) is 10.0 Å².